The minimum atomic E-state index is -3.50. The number of fused-ring (bicyclic) bond motifs is 1. The van der Waals surface area contributed by atoms with Crippen molar-refractivity contribution in [3.05, 3.63) is 59.4 Å². The third-order valence-corrected chi connectivity index (χ3v) is 6.64. The molecule has 0 saturated heterocycles. The number of sulfonamides is 1. The third kappa shape index (κ3) is 5.14. The van der Waals surface area contributed by atoms with Crippen molar-refractivity contribution in [1.29, 1.82) is 0 Å². The molecule has 0 radical (unpaired) electrons. The number of aryl methyl sites for hydroxylation is 1. The molecule has 0 saturated carbocycles. The van der Waals surface area contributed by atoms with Gasteiger partial charge < -0.3 is 9.88 Å². The summed E-state index contributed by atoms with van der Waals surface area (Å²) in [6, 6.07) is 12.2. The van der Waals surface area contributed by atoms with Gasteiger partial charge in [0.1, 0.15) is 0 Å². The van der Waals surface area contributed by atoms with Gasteiger partial charge in [0.25, 0.3) is 0 Å². The van der Waals surface area contributed by atoms with E-state index in [4.69, 9.17) is 11.6 Å². The van der Waals surface area contributed by atoms with Crippen LogP contribution in [-0.2, 0) is 27.9 Å². The molecule has 0 bridgehead atoms. The van der Waals surface area contributed by atoms with Crippen LogP contribution in [-0.4, -0.2) is 42.3 Å². The maximum Gasteiger partial charge on any atom is 0.242 e. The lowest BCUT2D eigenvalue weighted by molar-refractivity contribution is -0.121. The monoisotopic (exact) mass is 434 g/mol. The van der Waals surface area contributed by atoms with Gasteiger partial charge in [0.15, 0.2) is 0 Å². The molecule has 1 N–H and O–H groups in total. The zero-order chi connectivity index (χ0) is 21.0. The molecule has 1 heterocycles. The Labute approximate surface area is 175 Å². The topological polar surface area (TPSA) is 84.3 Å². The average molecular weight is 435 g/mol. The van der Waals surface area contributed by atoms with Crippen molar-refractivity contribution in [2.45, 2.75) is 30.8 Å². The molecule has 9 heteroatoms. The van der Waals surface area contributed by atoms with Gasteiger partial charge in [-0.2, -0.15) is 0 Å². The molecule has 154 valence electrons. The lowest BCUT2D eigenvalue weighted by atomic mass is 10.2. The first-order valence-electron chi connectivity index (χ1n) is 9.16. The molecule has 0 atom stereocenters. The van der Waals surface area contributed by atoms with Crippen LogP contribution in [0.2, 0.25) is 5.02 Å². The fourth-order valence-electron chi connectivity index (χ4n) is 2.89. The number of nitrogens with one attached hydrogen (secondary N) is 1. The Kier molecular flexibility index (Phi) is 6.56. The summed E-state index contributed by atoms with van der Waals surface area (Å²) >= 11 is 5.85. The average Bonchev–Trinajstić information content (AvgIpc) is 3.10. The number of aromatic nitrogens is 2. The first-order valence-corrected chi connectivity index (χ1v) is 11.0. The predicted octanol–water partition coefficient (Wildman–Crippen LogP) is 3.04. The van der Waals surface area contributed by atoms with Gasteiger partial charge in [-0.3, -0.25) is 4.79 Å². The second kappa shape index (κ2) is 8.94. The van der Waals surface area contributed by atoms with Gasteiger partial charge in [-0.15, -0.1) is 0 Å². The lowest BCUT2D eigenvalue weighted by Crippen LogP contribution is -2.22. The van der Waals surface area contributed by atoms with Gasteiger partial charge in [0.05, 0.1) is 22.3 Å². The number of rotatable bonds is 8. The largest absolute Gasteiger partial charge is 0.352 e. The summed E-state index contributed by atoms with van der Waals surface area (Å²) in [5, 5.41) is 3.56. The summed E-state index contributed by atoms with van der Waals surface area (Å²) in [6.45, 7) is 1.08. The molecule has 7 nitrogen and oxygen atoms in total. The van der Waals surface area contributed by atoms with Crippen molar-refractivity contribution >= 4 is 38.6 Å². The number of nitrogens with zero attached hydrogens (tertiary/aromatic N) is 3. The minimum Gasteiger partial charge on any atom is -0.352 e. The molecule has 0 aliphatic carbocycles. The van der Waals surface area contributed by atoms with Crippen LogP contribution in [0.15, 0.2) is 53.7 Å². The third-order valence-electron chi connectivity index (χ3n) is 4.58. The highest BCUT2D eigenvalue weighted by molar-refractivity contribution is 7.89. The predicted molar refractivity (Wildman–Crippen MR) is 113 cm³/mol. The van der Waals surface area contributed by atoms with Crippen LogP contribution >= 0.6 is 11.6 Å². The fraction of sp³-hybridized carbons (Fsp3) is 0.300. The van der Waals surface area contributed by atoms with Crippen molar-refractivity contribution in [2.24, 2.45) is 0 Å². The highest BCUT2D eigenvalue weighted by Gasteiger charge is 2.18. The summed E-state index contributed by atoms with van der Waals surface area (Å²) < 4.78 is 27.6. The molecule has 0 fully saturated rings. The van der Waals surface area contributed by atoms with Crippen LogP contribution in [0.4, 0.5) is 0 Å². The van der Waals surface area contributed by atoms with Gasteiger partial charge in [-0.1, -0.05) is 23.7 Å². The lowest BCUT2D eigenvalue weighted by Gasteiger charge is -2.11. The van der Waals surface area contributed by atoms with E-state index in [-0.39, 0.29) is 10.8 Å². The maximum atomic E-state index is 12.3. The number of benzene rings is 2. The summed E-state index contributed by atoms with van der Waals surface area (Å²) in [5.74, 6) is -0.0243. The van der Waals surface area contributed by atoms with Crippen LogP contribution in [0.5, 0.6) is 0 Å². The second-order valence-electron chi connectivity index (χ2n) is 6.88. The number of amides is 1. The van der Waals surface area contributed by atoms with Gasteiger partial charge in [-0.05, 0) is 42.3 Å². The smallest absolute Gasteiger partial charge is 0.242 e. The Bertz CT molecular complexity index is 1110. The standard InChI is InChI=1S/C20H23ClN4O3S/c1-24(2)29(27,28)17-9-10-19-18(12-17)23-14-25(19)11-3-4-20(26)22-13-15-5-7-16(21)8-6-15/h5-10,12,14H,3-4,11,13H2,1-2H3,(H,22,26). The molecular weight excluding hydrogens is 412 g/mol. The van der Waals surface area contributed by atoms with E-state index in [1.807, 2.05) is 16.7 Å². The van der Waals surface area contributed by atoms with Crippen molar-refractivity contribution in [1.82, 2.24) is 19.2 Å². The molecule has 0 aliphatic rings. The fourth-order valence-corrected chi connectivity index (χ4v) is 3.94. The van der Waals surface area contributed by atoms with Gasteiger partial charge in [0.2, 0.25) is 15.9 Å². The van der Waals surface area contributed by atoms with Crippen molar-refractivity contribution in [2.75, 3.05) is 14.1 Å². The zero-order valence-electron chi connectivity index (χ0n) is 16.3. The van der Waals surface area contributed by atoms with E-state index in [1.165, 1.54) is 18.4 Å². The first kappa shape index (κ1) is 21.3. The Balaban J connectivity index is 1.55. The number of hydrogen-bond acceptors (Lipinski definition) is 4. The highest BCUT2D eigenvalue weighted by atomic mass is 35.5. The van der Waals surface area contributed by atoms with Crippen LogP contribution in [0, 0.1) is 0 Å². The summed E-state index contributed by atoms with van der Waals surface area (Å²) in [4.78, 5) is 16.6. The molecule has 1 amide bonds. The number of halogens is 1. The van der Waals surface area contributed by atoms with Crippen LogP contribution < -0.4 is 5.32 Å². The summed E-state index contributed by atoms with van der Waals surface area (Å²) in [7, 11) is -0.503. The molecule has 0 aliphatic heterocycles. The number of carbonyl (C=O) groups is 1. The maximum absolute atomic E-state index is 12.3. The molecule has 2 aromatic carbocycles. The quantitative estimate of drug-likeness (QED) is 0.590. The highest BCUT2D eigenvalue weighted by Crippen LogP contribution is 2.20. The van der Waals surface area contributed by atoms with E-state index in [2.05, 4.69) is 10.3 Å². The minimum absolute atomic E-state index is 0.0243. The molecule has 0 spiro atoms. The van der Waals surface area contributed by atoms with Crippen LogP contribution in [0.3, 0.4) is 0 Å². The van der Waals surface area contributed by atoms with Crippen molar-refractivity contribution < 1.29 is 13.2 Å². The molecule has 0 unspecified atom stereocenters. The number of imidazole rings is 1. The van der Waals surface area contributed by atoms with Crippen molar-refractivity contribution in [3.8, 4) is 0 Å². The zero-order valence-corrected chi connectivity index (χ0v) is 17.9. The Hall–Kier alpha value is -2.42. The van der Waals surface area contributed by atoms with Crippen LogP contribution in [0.25, 0.3) is 11.0 Å². The van der Waals surface area contributed by atoms with E-state index in [1.54, 1.807) is 36.7 Å². The summed E-state index contributed by atoms with van der Waals surface area (Å²) in [5.41, 5.74) is 2.44. The van der Waals surface area contributed by atoms with Gasteiger partial charge >= 0.3 is 0 Å². The number of carbonyl (C=O) groups excluding carboxylic acids is 1. The van der Waals surface area contributed by atoms with E-state index in [0.717, 1.165) is 11.1 Å². The Morgan fingerprint density at radius 2 is 1.90 bits per heavy atom. The van der Waals surface area contributed by atoms with Gasteiger partial charge in [0, 0.05) is 38.6 Å². The molecular formula is C20H23ClN4O3S. The van der Waals surface area contributed by atoms with Crippen molar-refractivity contribution in [3.63, 3.8) is 0 Å². The Morgan fingerprint density at radius 3 is 2.59 bits per heavy atom. The number of hydrogen-bond donors (Lipinski definition) is 1. The van der Waals surface area contributed by atoms with E-state index in [9.17, 15) is 13.2 Å². The SMILES string of the molecule is CN(C)S(=O)(=O)c1ccc2c(c1)ncn2CCCC(=O)NCc1ccc(Cl)cc1. The Morgan fingerprint density at radius 1 is 1.17 bits per heavy atom. The van der Waals surface area contributed by atoms with Crippen LogP contribution in [0.1, 0.15) is 18.4 Å². The summed E-state index contributed by atoms with van der Waals surface area (Å²) in [6.07, 6.45) is 2.71. The molecule has 3 rings (SSSR count). The molecule has 1 aromatic heterocycles. The van der Waals surface area contributed by atoms with E-state index in [0.29, 0.717) is 36.5 Å². The molecule has 3 aromatic rings. The van der Waals surface area contributed by atoms with Gasteiger partial charge in [-0.25, -0.2) is 17.7 Å². The second-order valence-corrected chi connectivity index (χ2v) is 9.47. The van der Waals surface area contributed by atoms with E-state index < -0.39 is 10.0 Å². The molecule has 29 heavy (non-hydrogen) atoms. The first-order chi connectivity index (χ1) is 13.8. The normalized spacial score (nSPS) is 11.9. The van der Waals surface area contributed by atoms with E-state index >= 15 is 0 Å².